The van der Waals surface area contributed by atoms with E-state index in [-0.39, 0.29) is 17.8 Å². The van der Waals surface area contributed by atoms with Gasteiger partial charge in [0.05, 0.1) is 19.2 Å². The molecule has 0 saturated carbocycles. The monoisotopic (exact) mass is 544 g/mol. The zero-order chi connectivity index (χ0) is 28.1. The van der Waals surface area contributed by atoms with Crippen molar-refractivity contribution in [2.45, 2.75) is 45.3 Å². The average Bonchev–Trinajstić information content (AvgIpc) is 3.00. The van der Waals surface area contributed by atoms with Gasteiger partial charge in [0.1, 0.15) is 17.7 Å². The Hall–Kier alpha value is -3.56. The molecular formula is C31H40N6O3. The van der Waals surface area contributed by atoms with E-state index >= 15 is 0 Å². The number of anilines is 1. The average molecular weight is 545 g/mol. The number of piperazine rings is 1. The Morgan fingerprint density at radius 2 is 1.60 bits per heavy atom. The fourth-order valence-electron chi connectivity index (χ4n) is 5.76. The van der Waals surface area contributed by atoms with Gasteiger partial charge < -0.3 is 15.0 Å². The molecule has 2 saturated heterocycles. The highest BCUT2D eigenvalue weighted by Crippen LogP contribution is 2.24. The van der Waals surface area contributed by atoms with Crippen LogP contribution in [0.2, 0.25) is 0 Å². The molecule has 2 aliphatic rings. The topological polar surface area (TPSA) is 90.9 Å². The summed E-state index contributed by atoms with van der Waals surface area (Å²) in [5.74, 6) is 1.29. The van der Waals surface area contributed by atoms with Gasteiger partial charge in [0.15, 0.2) is 0 Å². The Bertz CT molecular complexity index is 1300. The number of aromatic nitrogens is 2. The van der Waals surface area contributed by atoms with Crippen LogP contribution in [0.4, 0.5) is 5.82 Å². The summed E-state index contributed by atoms with van der Waals surface area (Å²) in [6.45, 7) is 10.1. The summed E-state index contributed by atoms with van der Waals surface area (Å²) in [7, 11) is 1.41. The minimum Gasteiger partial charge on any atom is -0.467 e. The Labute approximate surface area is 236 Å². The van der Waals surface area contributed by atoms with Gasteiger partial charge in [-0.3, -0.25) is 14.6 Å². The van der Waals surface area contributed by atoms with Crippen LogP contribution < -0.4 is 5.32 Å². The van der Waals surface area contributed by atoms with E-state index in [1.807, 2.05) is 73.3 Å². The number of ether oxygens (including phenoxy) is 1. The number of piperidine rings is 1. The van der Waals surface area contributed by atoms with Crippen molar-refractivity contribution in [3.05, 3.63) is 66.0 Å². The lowest BCUT2D eigenvalue weighted by Crippen LogP contribution is -2.53. The number of fused-ring (bicyclic) bond motifs is 1. The van der Waals surface area contributed by atoms with Crippen molar-refractivity contribution in [1.82, 2.24) is 24.7 Å². The molecule has 2 fully saturated rings. The third-order valence-corrected chi connectivity index (χ3v) is 8.12. The first-order valence-corrected chi connectivity index (χ1v) is 14.3. The van der Waals surface area contributed by atoms with Crippen LogP contribution in [0.15, 0.2) is 54.6 Å². The van der Waals surface area contributed by atoms with E-state index in [0.717, 1.165) is 74.4 Å². The maximum Gasteiger partial charge on any atom is 0.328 e. The highest BCUT2D eigenvalue weighted by molar-refractivity contribution is 5.94. The smallest absolute Gasteiger partial charge is 0.328 e. The van der Waals surface area contributed by atoms with Crippen molar-refractivity contribution in [1.29, 1.82) is 0 Å². The Morgan fingerprint density at radius 3 is 2.27 bits per heavy atom. The standard InChI is InChI=1S/C31H40N6O3/c1-22(2)28(31(39)40-3)34-29-25-11-7-8-12-26(25)32-27(33-29)21-35-17-19-36(20-18-35)24-13-15-37(16-14-24)30(38)23-9-5-4-6-10-23/h4-12,22,24,28H,13-21H2,1-3H3,(H,32,33,34)/t28-/m0/s1. The maximum absolute atomic E-state index is 12.8. The minimum absolute atomic E-state index is 0.0426. The van der Waals surface area contributed by atoms with Crippen LogP contribution >= 0.6 is 0 Å². The number of hydrogen-bond donors (Lipinski definition) is 1. The number of rotatable bonds is 8. The minimum atomic E-state index is -0.492. The lowest BCUT2D eigenvalue weighted by atomic mass is 10.0. The van der Waals surface area contributed by atoms with Gasteiger partial charge in [-0.25, -0.2) is 14.8 Å². The maximum atomic E-state index is 12.8. The summed E-state index contributed by atoms with van der Waals surface area (Å²) in [6.07, 6.45) is 2.03. The number of carbonyl (C=O) groups is 2. The molecule has 212 valence electrons. The number of nitrogens with one attached hydrogen (secondary N) is 1. The van der Waals surface area contributed by atoms with Crippen molar-refractivity contribution in [2.75, 3.05) is 51.7 Å². The van der Waals surface area contributed by atoms with Crippen molar-refractivity contribution >= 4 is 28.6 Å². The van der Waals surface area contributed by atoms with Crippen LogP contribution in [0.1, 0.15) is 42.9 Å². The molecular weight excluding hydrogens is 504 g/mol. The van der Waals surface area contributed by atoms with E-state index in [1.165, 1.54) is 7.11 Å². The number of amides is 1. The summed E-state index contributed by atoms with van der Waals surface area (Å²) >= 11 is 0. The number of methoxy groups -OCH3 is 1. The molecule has 1 aromatic heterocycles. The zero-order valence-corrected chi connectivity index (χ0v) is 23.8. The molecule has 5 rings (SSSR count). The number of esters is 1. The third kappa shape index (κ3) is 6.42. The van der Waals surface area contributed by atoms with E-state index in [2.05, 4.69) is 15.1 Å². The molecule has 0 bridgehead atoms. The third-order valence-electron chi connectivity index (χ3n) is 8.12. The van der Waals surface area contributed by atoms with Crippen molar-refractivity contribution in [2.24, 2.45) is 5.92 Å². The van der Waals surface area contributed by atoms with Crippen LogP contribution in [-0.2, 0) is 16.1 Å². The van der Waals surface area contributed by atoms with Gasteiger partial charge in [-0.2, -0.15) is 0 Å². The summed E-state index contributed by atoms with van der Waals surface area (Å²) in [6, 6.07) is 17.5. The predicted molar refractivity (Wildman–Crippen MR) is 156 cm³/mol. The normalized spacial score (nSPS) is 18.1. The van der Waals surface area contributed by atoms with Gasteiger partial charge >= 0.3 is 5.97 Å². The highest BCUT2D eigenvalue weighted by atomic mass is 16.5. The van der Waals surface area contributed by atoms with Crippen LogP contribution in [0.25, 0.3) is 10.9 Å². The van der Waals surface area contributed by atoms with Crippen LogP contribution in [-0.4, -0.2) is 95.0 Å². The molecule has 0 spiro atoms. The molecule has 0 unspecified atom stereocenters. The van der Waals surface area contributed by atoms with Gasteiger partial charge in [0, 0.05) is 56.3 Å². The van der Waals surface area contributed by atoms with Crippen LogP contribution in [0.5, 0.6) is 0 Å². The predicted octanol–water partition coefficient (Wildman–Crippen LogP) is 3.66. The lowest BCUT2D eigenvalue weighted by Gasteiger charge is -2.42. The molecule has 2 aromatic carbocycles. The van der Waals surface area contributed by atoms with E-state index in [0.29, 0.717) is 18.4 Å². The van der Waals surface area contributed by atoms with E-state index in [1.54, 1.807) is 0 Å². The Balaban J connectivity index is 1.18. The number of benzene rings is 2. The molecule has 9 nitrogen and oxygen atoms in total. The lowest BCUT2D eigenvalue weighted by molar-refractivity contribution is -0.142. The molecule has 1 N–H and O–H groups in total. The van der Waals surface area contributed by atoms with Crippen LogP contribution in [0, 0.1) is 5.92 Å². The number of likely N-dealkylation sites (tertiary alicyclic amines) is 1. The van der Waals surface area contributed by atoms with E-state index < -0.39 is 6.04 Å². The second-order valence-electron chi connectivity index (χ2n) is 11.1. The number of hydrogen-bond acceptors (Lipinski definition) is 8. The van der Waals surface area contributed by atoms with Crippen molar-refractivity contribution < 1.29 is 14.3 Å². The number of para-hydroxylation sites is 1. The molecule has 3 aromatic rings. The van der Waals surface area contributed by atoms with Gasteiger partial charge in [-0.05, 0) is 43.0 Å². The summed E-state index contributed by atoms with van der Waals surface area (Å²) in [5, 5.41) is 4.23. The van der Waals surface area contributed by atoms with Gasteiger partial charge in [-0.15, -0.1) is 0 Å². The highest BCUT2D eigenvalue weighted by Gasteiger charge is 2.30. The van der Waals surface area contributed by atoms with E-state index in [9.17, 15) is 9.59 Å². The van der Waals surface area contributed by atoms with Gasteiger partial charge in [-0.1, -0.05) is 44.2 Å². The number of nitrogens with zero attached hydrogens (tertiary/aromatic N) is 5. The van der Waals surface area contributed by atoms with Crippen molar-refractivity contribution in [3.8, 4) is 0 Å². The fraction of sp³-hybridized carbons (Fsp3) is 0.484. The zero-order valence-electron chi connectivity index (χ0n) is 23.8. The molecule has 9 heteroatoms. The molecule has 0 radical (unpaired) electrons. The molecule has 3 heterocycles. The Morgan fingerprint density at radius 1 is 0.925 bits per heavy atom. The first kappa shape index (κ1) is 28.0. The van der Waals surface area contributed by atoms with Crippen LogP contribution in [0.3, 0.4) is 0 Å². The Kier molecular flexibility index (Phi) is 8.91. The molecule has 0 aliphatic carbocycles. The number of carbonyl (C=O) groups excluding carboxylic acids is 2. The summed E-state index contributed by atoms with van der Waals surface area (Å²) in [5.41, 5.74) is 1.63. The first-order valence-electron chi connectivity index (χ1n) is 14.3. The van der Waals surface area contributed by atoms with Gasteiger partial charge in [0.25, 0.3) is 5.91 Å². The molecule has 2 aliphatic heterocycles. The largest absolute Gasteiger partial charge is 0.467 e. The second kappa shape index (κ2) is 12.7. The van der Waals surface area contributed by atoms with E-state index in [4.69, 9.17) is 14.7 Å². The quantitative estimate of drug-likeness (QED) is 0.430. The summed E-state index contributed by atoms with van der Waals surface area (Å²) < 4.78 is 5.03. The van der Waals surface area contributed by atoms with Crippen molar-refractivity contribution in [3.63, 3.8) is 0 Å². The summed E-state index contributed by atoms with van der Waals surface area (Å²) in [4.78, 5) is 41.9. The molecule has 1 atom stereocenters. The molecule has 1 amide bonds. The van der Waals surface area contributed by atoms with Gasteiger partial charge in [0.2, 0.25) is 0 Å². The first-order chi connectivity index (χ1) is 19.4. The fourth-order valence-corrected chi connectivity index (χ4v) is 5.76. The second-order valence-corrected chi connectivity index (χ2v) is 11.1. The molecule has 40 heavy (non-hydrogen) atoms. The SMILES string of the molecule is COC(=O)[C@@H](Nc1nc(CN2CCN(C3CCN(C(=O)c4ccccc4)CC3)CC2)nc2ccccc12)C(C)C.